The van der Waals surface area contributed by atoms with E-state index in [1.54, 1.807) is 47.3 Å². The molecule has 0 bridgehead atoms. The molecule has 3 aromatic heterocycles. The average molecular weight is 839 g/mol. The van der Waals surface area contributed by atoms with Crippen LogP contribution in [0.25, 0.3) is 49.9 Å². The molecule has 6 heteroatoms. The minimum atomic E-state index is -3.14. The molecule has 0 aliphatic carbocycles. The lowest BCUT2D eigenvalue weighted by molar-refractivity contribution is 0.479. The van der Waals surface area contributed by atoms with Crippen LogP contribution in [-0.4, -0.2) is 20.5 Å². The van der Waals surface area contributed by atoms with E-state index in [-0.39, 0.29) is 11.1 Å². The Labute approximate surface area is 393 Å². The lowest BCUT2D eigenvalue weighted by Crippen LogP contribution is -2.12. The van der Waals surface area contributed by atoms with Crippen LogP contribution in [-0.2, 0) is 10.8 Å². The minimum Gasteiger partial charge on any atom is -0.457 e. The van der Waals surface area contributed by atoms with E-state index in [9.17, 15) is 9.60 Å². The van der Waals surface area contributed by atoms with Gasteiger partial charge in [-0.15, -0.1) is 0 Å². The summed E-state index contributed by atoms with van der Waals surface area (Å²) >= 11 is 0. The summed E-state index contributed by atoms with van der Waals surface area (Å²) in [5, 5.41) is 1.82. The summed E-state index contributed by atoms with van der Waals surface area (Å²) in [6, 6.07) is 17.1. The van der Waals surface area contributed by atoms with Gasteiger partial charge in [0.05, 0.1) is 43.3 Å². The van der Waals surface area contributed by atoms with Gasteiger partial charge in [-0.1, -0.05) is 119 Å². The molecule has 0 amide bonds. The van der Waals surface area contributed by atoms with Crippen LogP contribution >= 0.6 is 0 Å². The maximum absolute atomic E-state index is 9.52. The van der Waals surface area contributed by atoms with Crippen molar-refractivity contribution in [1.29, 1.82) is 0 Å². The molecule has 0 fully saturated rings. The van der Waals surface area contributed by atoms with Crippen LogP contribution in [0.15, 0.2) is 164 Å². The van der Waals surface area contributed by atoms with Gasteiger partial charge in [0.15, 0.2) is 0 Å². The Morgan fingerprint density at radius 3 is 1.94 bits per heavy atom. The number of benzene rings is 6. The molecule has 6 nitrogen and oxygen atoms in total. The summed E-state index contributed by atoms with van der Waals surface area (Å²) in [7, 11) is 0. The highest BCUT2D eigenvalue weighted by Crippen LogP contribution is 2.45. The van der Waals surface area contributed by atoms with Crippen molar-refractivity contribution in [3.05, 3.63) is 186 Å². The van der Waals surface area contributed by atoms with Gasteiger partial charge in [0.2, 0.25) is 11.4 Å². The third kappa shape index (κ3) is 7.33. The van der Waals surface area contributed by atoms with Gasteiger partial charge < -0.3 is 4.74 Å². The number of hydrogen-bond donors (Lipinski definition) is 0. The largest absolute Gasteiger partial charge is 0.503 e. The van der Waals surface area contributed by atoms with Crippen molar-refractivity contribution in [3.8, 4) is 39.6 Å². The van der Waals surface area contributed by atoms with E-state index in [4.69, 9.17) is 23.4 Å². The monoisotopic (exact) mass is 839 g/mol. The second-order valence-corrected chi connectivity index (χ2v) is 17.4. The highest BCUT2D eigenvalue weighted by Gasteiger charge is 2.39. The molecule has 1 aliphatic heterocycles. The molecule has 0 saturated carbocycles. The van der Waals surface area contributed by atoms with Crippen LogP contribution in [0.3, 0.4) is 0 Å². The summed E-state index contributed by atoms with van der Waals surface area (Å²) in [4.78, 5) is 9.24. The Hall–Kier alpha value is -7.40. The molecule has 0 N–H and O–H groups in total. The van der Waals surface area contributed by atoms with E-state index in [0.29, 0.717) is 28.7 Å². The third-order valence-electron chi connectivity index (χ3n) is 11.0. The molecule has 6 aromatic carbocycles. The highest BCUT2D eigenvalue weighted by atomic mass is 16.5. The van der Waals surface area contributed by atoms with Gasteiger partial charge in [0.1, 0.15) is 17.3 Å². The fourth-order valence-electron chi connectivity index (χ4n) is 7.78. The predicted molar refractivity (Wildman–Crippen MR) is 261 cm³/mol. The standard InChI is InChI=1S/C57H51N5O/c1-37-16-20-39(21-17-37)46-12-11-13-47(40-22-18-38(2)19-23-40)55(46)61-36-60(51-14-9-10-15-52(51)61)43-30-42(57(6,7)8)31-45(33-43)63-44-24-25-48-49-35-58-28-27-50(49)62(53(48)34-44)54-32-41(26-29-59-54)56(3,4)5/h9-35H,1-8H3/q+2/i1D3,2D3,11D,12D,13D,16D,17D,18D,19D,20D,21D,22D,23D. The quantitative estimate of drug-likeness (QED) is 0.150. The Kier molecular flexibility index (Phi) is 6.00. The van der Waals surface area contributed by atoms with Crippen LogP contribution in [0.1, 0.15) is 87.1 Å². The van der Waals surface area contributed by atoms with E-state index in [1.165, 1.54) is 4.58 Å². The third-order valence-corrected chi connectivity index (χ3v) is 11.0. The van der Waals surface area contributed by atoms with Gasteiger partial charge in [0, 0.05) is 61.9 Å². The molecule has 0 atom stereocenters. The molecule has 0 saturated heterocycles. The summed E-state index contributed by atoms with van der Waals surface area (Å²) in [6.07, 6.45) is 5.34. The first-order valence-electron chi connectivity index (χ1n) is 28.8. The SMILES string of the molecule is [2H]c1c([2H])c(-c2c([2H])c([2H])c(C([2H])([2H])[2H])c([2H])c2[2H])c([N+]2=C=[N+](c3cc(Oc4ccc5c6cnccc6n(-c6cc(C(C)(C)C)ccn6)c5c4)cc(C(C)(C)C)c3)c3ccccc32)c(-c2c([2H])c([2H])c(C([2H])([2H])[2H])c([2H])c2[2H])c1[2H]. The molecular weight excluding hydrogens is 771 g/mol. The molecule has 9 aromatic rings. The second kappa shape index (κ2) is 15.2. The Morgan fingerprint density at radius 2 is 1.29 bits per heavy atom. The number of rotatable bonds is 7. The number of pyridine rings is 2. The minimum absolute atomic E-state index is 0.161. The fourth-order valence-corrected chi connectivity index (χ4v) is 7.78. The smallest absolute Gasteiger partial charge is 0.457 e. The Bertz CT molecular complexity index is 4050. The van der Waals surface area contributed by atoms with E-state index < -0.39 is 125 Å². The maximum atomic E-state index is 9.52. The van der Waals surface area contributed by atoms with E-state index >= 15 is 0 Å². The lowest BCUT2D eigenvalue weighted by Gasteiger charge is -2.20. The zero-order chi connectivity index (χ0) is 58.2. The van der Waals surface area contributed by atoms with Crippen molar-refractivity contribution in [3.63, 3.8) is 0 Å². The Morgan fingerprint density at radius 1 is 0.619 bits per heavy atom. The molecule has 1 aliphatic rings. The summed E-state index contributed by atoms with van der Waals surface area (Å²) < 4.78 is 161. The molecule has 0 spiro atoms. The van der Waals surface area contributed by atoms with Crippen LogP contribution in [0.5, 0.6) is 11.5 Å². The number of nitrogens with zero attached hydrogens (tertiary/aromatic N) is 5. The van der Waals surface area contributed by atoms with Crippen molar-refractivity contribution < 1.29 is 28.0 Å². The van der Waals surface area contributed by atoms with Crippen molar-refractivity contribution in [1.82, 2.24) is 23.7 Å². The van der Waals surface area contributed by atoms with Gasteiger partial charge in [-0.25, -0.2) is 4.98 Å². The van der Waals surface area contributed by atoms with Crippen LogP contribution < -0.4 is 13.9 Å². The normalized spacial score (nSPS) is 17.0. The van der Waals surface area contributed by atoms with Gasteiger partial charge >= 0.3 is 6.01 Å². The summed E-state index contributed by atoms with van der Waals surface area (Å²) in [6.45, 7) is 6.19. The molecule has 0 unspecified atom stereocenters. The van der Waals surface area contributed by atoms with Crippen LogP contribution in [0, 0.1) is 13.7 Å². The van der Waals surface area contributed by atoms with Crippen molar-refractivity contribution in [2.45, 2.75) is 66.1 Å². The van der Waals surface area contributed by atoms with Crippen molar-refractivity contribution in [2.24, 2.45) is 0 Å². The zero-order valence-electron chi connectivity index (χ0n) is 52.4. The van der Waals surface area contributed by atoms with Crippen molar-refractivity contribution >= 4 is 50.6 Å². The molecule has 63 heavy (non-hydrogen) atoms. The number of aromatic nitrogens is 3. The molecular formula is C57H51N5O+2. The summed E-state index contributed by atoms with van der Waals surface area (Å²) in [5.74, 6) is 1.57. The van der Waals surface area contributed by atoms with Gasteiger partial charge in [-0.05, 0) is 104 Å². The number of para-hydroxylation sites is 3. The molecule has 4 heterocycles. The van der Waals surface area contributed by atoms with Gasteiger partial charge in [0.25, 0.3) is 11.4 Å². The number of fused-ring (bicyclic) bond motifs is 4. The Balaban J connectivity index is 1.27. The number of ether oxygens (including phenoxy) is 1. The predicted octanol–water partition coefficient (Wildman–Crippen LogP) is 14.8. The average Bonchev–Trinajstić information content (AvgIpc) is 4.01. The van der Waals surface area contributed by atoms with E-state index in [0.717, 1.165) is 32.9 Å². The fraction of sp³-hybridized carbons (Fsp3) is 0.175. The first-order valence-corrected chi connectivity index (χ1v) is 20.3. The van der Waals surface area contributed by atoms with E-state index in [2.05, 4.69) is 42.4 Å². The maximum Gasteiger partial charge on any atom is 0.503 e. The molecule has 308 valence electrons. The molecule has 10 rings (SSSR count). The number of hydrogen-bond acceptors (Lipinski definition) is 3. The molecule has 0 radical (unpaired) electrons. The van der Waals surface area contributed by atoms with Gasteiger partial charge in [-0.2, -0.15) is 0 Å². The van der Waals surface area contributed by atoms with Crippen molar-refractivity contribution in [2.75, 3.05) is 0 Å². The second-order valence-electron chi connectivity index (χ2n) is 17.4. The highest BCUT2D eigenvalue weighted by molar-refractivity contribution is 6.09. The van der Waals surface area contributed by atoms with Crippen LogP contribution in [0.4, 0.5) is 22.7 Å². The summed E-state index contributed by atoms with van der Waals surface area (Å²) in [5.41, 5.74) is -0.779. The van der Waals surface area contributed by atoms with Gasteiger partial charge in [-0.3, -0.25) is 9.55 Å². The lowest BCUT2D eigenvalue weighted by atomic mass is 9.86. The first-order chi connectivity index (χ1) is 37.3. The zero-order valence-corrected chi connectivity index (χ0v) is 35.4. The topological polar surface area (TPSA) is 46.0 Å². The van der Waals surface area contributed by atoms with E-state index in [1.807, 2.05) is 69.4 Å². The van der Waals surface area contributed by atoms with Crippen LogP contribution in [0.2, 0.25) is 0 Å². The first kappa shape index (κ1) is 24.9.